The van der Waals surface area contributed by atoms with Crippen LogP contribution in [0, 0.1) is 17.2 Å². The SMILES string of the molecule is COCSC1=NC2C(C)C=NN2C(NCc2ccncc2)=C1C#N. The third kappa shape index (κ3) is 3.27. The fourth-order valence-electron chi connectivity index (χ4n) is 2.49. The van der Waals surface area contributed by atoms with Gasteiger partial charge >= 0.3 is 0 Å². The number of aliphatic imine (C=N–C) groups is 1. The van der Waals surface area contributed by atoms with Crippen LogP contribution in [0.1, 0.15) is 12.5 Å². The first kappa shape index (κ1) is 16.5. The smallest absolute Gasteiger partial charge is 0.152 e. The van der Waals surface area contributed by atoms with Gasteiger partial charge in [-0.25, -0.2) is 10.0 Å². The molecular weight excluding hydrogens is 324 g/mol. The van der Waals surface area contributed by atoms with Crippen LogP contribution in [0.4, 0.5) is 0 Å². The van der Waals surface area contributed by atoms with E-state index < -0.39 is 0 Å². The van der Waals surface area contributed by atoms with Gasteiger partial charge in [-0.05, 0) is 17.7 Å². The molecule has 0 amide bonds. The Balaban J connectivity index is 1.88. The molecule has 2 aliphatic rings. The molecule has 1 N–H and O–H groups in total. The predicted octanol–water partition coefficient (Wildman–Crippen LogP) is 1.92. The number of nitriles is 1. The quantitative estimate of drug-likeness (QED) is 0.823. The molecule has 2 aliphatic heterocycles. The molecule has 0 radical (unpaired) electrons. The molecule has 1 aromatic heterocycles. The standard InChI is InChI=1S/C16H18N6OS/c1-11-8-20-22-14(11)21-16(24-10-23-2)13(7-17)15(22)19-9-12-3-5-18-6-4-12/h3-6,8,11,14,19H,9-10H2,1-2H3. The molecule has 1 aromatic rings. The molecule has 0 aromatic carbocycles. The van der Waals surface area contributed by atoms with Gasteiger partial charge in [0.1, 0.15) is 22.5 Å². The average molecular weight is 342 g/mol. The summed E-state index contributed by atoms with van der Waals surface area (Å²) in [5, 5.41) is 19.9. The second-order valence-corrected chi connectivity index (χ2v) is 6.32. The van der Waals surface area contributed by atoms with Crippen molar-refractivity contribution in [3.63, 3.8) is 0 Å². The van der Waals surface area contributed by atoms with Gasteiger partial charge in [0.05, 0.1) is 5.94 Å². The van der Waals surface area contributed by atoms with Crippen LogP contribution in [0.25, 0.3) is 0 Å². The van der Waals surface area contributed by atoms with E-state index in [2.05, 4.69) is 28.4 Å². The average Bonchev–Trinajstić information content (AvgIpc) is 2.99. The van der Waals surface area contributed by atoms with Crippen molar-refractivity contribution in [2.45, 2.75) is 19.6 Å². The van der Waals surface area contributed by atoms with Gasteiger partial charge < -0.3 is 10.1 Å². The molecule has 0 saturated carbocycles. The lowest BCUT2D eigenvalue weighted by molar-refractivity contribution is 0.246. The number of aromatic nitrogens is 1. The third-order valence-corrected chi connectivity index (χ3v) is 4.65. The Hall–Kier alpha value is -2.37. The number of nitrogens with one attached hydrogen (secondary N) is 1. The zero-order valence-electron chi connectivity index (χ0n) is 13.5. The summed E-state index contributed by atoms with van der Waals surface area (Å²) in [5.41, 5.74) is 1.57. The molecule has 124 valence electrons. The summed E-state index contributed by atoms with van der Waals surface area (Å²) in [7, 11) is 1.63. The van der Waals surface area contributed by atoms with Gasteiger partial charge in [0, 0.05) is 38.2 Å². The van der Waals surface area contributed by atoms with Crippen molar-refractivity contribution in [1.82, 2.24) is 15.3 Å². The van der Waals surface area contributed by atoms with E-state index in [9.17, 15) is 5.26 Å². The number of ether oxygens (including phenoxy) is 1. The summed E-state index contributed by atoms with van der Waals surface area (Å²) in [6.45, 7) is 2.65. The highest BCUT2D eigenvalue weighted by Gasteiger charge is 2.36. The van der Waals surface area contributed by atoms with E-state index >= 15 is 0 Å². The maximum atomic E-state index is 9.64. The van der Waals surface area contributed by atoms with Crippen LogP contribution in [-0.2, 0) is 11.3 Å². The Morgan fingerprint density at radius 1 is 1.42 bits per heavy atom. The van der Waals surface area contributed by atoms with Crippen LogP contribution in [0.15, 0.2) is 46.0 Å². The largest absolute Gasteiger partial charge is 0.374 e. The van der Waals surface area contributed by atoms with Crippen LogP contribution in [0.5, 0.6) is 0 Å². The van der Waals surface area contributed by atoms with Crippen LogP contribution in [0.2, 0.25) is 0 Å². The minimum atomic E-state index is -0.124. The van der Waals surface area contributed by atoms with Crippen molar-refractivity contribution in [2.24, 2.45) is 16.0 Å². The highest BCUT2D eigenvalue weighted by Crippen LogP contribution is 2.31. The number of hydrazone groups is 1. The van der Waals surface area contributed by atoms with Gasteiger partial charge in [-0.3, -0.25) is 4.98 Å². The second kappa shape index (κ2) is 7.47. The third-order valence-electron chi connectivity index (χ3n) is 3.71. The summed E-state index contributed by atoms with van der Waals surface area (Å²) in [6, 6.07) is 6.13. The van der Waals surface area contributed by atoms with E-state index in [0.29, 0.717) is 28.9 Å². The second-order valence-electron chi connectivity index (χ2n) is 5.41. The van der Waals surface area contributed by atoms with E-state index in [-0.39, 0.29) is 12.1 Å². The van der Waals surface area contributed by atoms with E-state index in [0.717, 1.165) is 5.56 Å². The van der Waals surface area contributed by atoms with Crippen molar-refractivity contribution < 1.29 is 4.74 Å². The van der Waals surface area contributed by atoms with Gasteiger partial charge in [-0.15, -0.1) is 0 Å². The van der Waals surface area contributed by atoms with E-state index in [1.807, 2.05) is 18.3 Å². The zero-order chi connectivity index (χ0) is 16.9. The fourth-order valence-corrected chi connectivity index (χ4v) is 3.19. The summed E-state index contributed by atoms with van der Waals surface area (Å²) in [6.07, 6.45) is 5.23. The van der Waals surface area contributed by atoms with Gasteiger partial charge in [0.25, 0.3) is 0 Å². The monoisotopic (exact) mass is 342 g/mol. The Kier molecular flexibility index (Phi) is 5.13. The topological polar surface area (TPSA) is 85.9 Å². The molecule has 0 bridgehead atoms. The van der Waals surface area contributed by atoms with Crippen LogP contribution in [-0.4, -0.2) is 40.5 Å². The Morgan fingerprint density at radius 2 is 2.21 bits per heavy atom. The van der Waals surface area contributed by atoms with Crippen molar-refractivity contribution in [1.29, 1.82) is 5.26 Å². The number of thioether (sulfide) groups is 1. The maximum Gasteiger partial charge on any atom is 0.152 e. The number of methoxy groups -OCH3 is 1. The van der Waals surface area contributed by atoms with Crippen molar-refractivity contribution in [2.75, 3.05) is 13.0 Å². The lowest BCUT2D eigenvalue weighted by Gasteiger charge is -2.31. The highest BCUT2D eigenvalue weighted by atomic mass is 32.2. The summed E-state index contributed by atoms with van der Waals surface area (Å²) in [4.78, 5) is 8.71. The lowest BCUT2D eigenvalue weighted by atomic mass is 10.1. The number of rotatable bonds is 5. The Morgan fingerprint density at radius 3 is 2.92 bits per heavy atom. The highest BCUT2D eigenvalue weighted by molar-refractivity contribution is 8.14. The summed E-state index contributed by atoms with van der Waals surface area (Å²) >= 11 is 1.42. The number of hydrogen-bond donors (Lipinski definition) is 1. The first-order valence-corrected chi connectivity index (χ1v) is 8.53. The minimum Gasteiger partial charge on any atom is -0.374 e. The van der Waals surface area contributed by atoms with Crippen LogP contribution < -0.4 is 5.32 Å². The number of pyridine rings is 1. The molecule has 8 heteroatoms. The molecule has 2 atom stereocenters. The molecule has 0 spiro atoms. The lowest BCUT2D eigenvalue weighted by Crippen LogP contribution is -2.40. The van der Waals surface area contributed by atoms with Gasteiger partial charge in [0.15, 0.2) is 6.17 Å². The normalized spacial score (nSPS) is 22.2. The molecule has 0 fully saturated rings. The molecule has 3 rings (SSSR count). The number of hydrogen-bond acceptors (Lipinski definition) is 8. The number of nitrogens with zero attached hydrogens (tertiary/aromatic N) is 5. The minimum absolute atomic E-state index is 0.124. The molecule has 7 nitrogen and oxygen atoms in total. The molecule has 0 saturated heterocycles. The van der Waals surface area contributed by atoms with Crippen molar-refractivity contribution in [3.8, 4) is 6.07 Å². The van der Waals surface area contributed by atoms with Gasteiger partial charge in [-0.1, -0.05) is 18.7 Å². The van der Waals surface area contributed by atoms with E-state index in [1.54, 1.807) is 24.5 Å². The molecule has 3 heterocycles. The molecule has 2 unspecified atom stereocenters. The fraction of sp³-hybridized carbons (Fsp3) is 0.375. The van der Waals surface area contributed by atoms with Gasteiger partial charge in [-0.2, -0.15) is 10.4 Å². The van der Waals surface area contributed by atoms with Crippen molar-refractivity contribution in [3.05, 3.63) is 41.5 Å². The number of fused-ring (bicyclic) bond motifs is 1. The Bertz CT molecular complexity index is 724. The molecule has 0 aliphatic carbocycles. The summed E-state index contributed by atoms with van der Waals surface area (Å²) in [5.74, 6) is 1.32. The Labute approximate surface area is 145 Å². The molecule has 24 heavy (non-hydrogen) atoms. The molecular formula is C16H18N6OS. The maximum absolute atomic E-state index is 9.64. The first-order valence-electron chi connectivity index (χ1n) is 7.55. The van der Waals surface area contributed by atoms with Crippen LogP contribution >= 0.6 is 11.8 Å². The van der Waals surface area contributed by atoms with E-state index in [1.165, 1.54) is 11.8 Å². The van der Waals surface area contributed by atoms with Gasteiger partial charge in [0.2, 0.25) is 0 Å². The predicted molar refractivity (Wildman–Crippen MR) is 93.9 cm³/mol. The van der Waals surface area contributed by atoms with E-state index in [4.69, 9.17) is 9.73 Å². The van der Waals surface area contributed by atoms with Crippen molar-refractivity contribution >= 4 is 23.0 Å². The zero-order valence-corrected chi connectivity index (χ0v) is 14.3. The van der Waals surface area contributed by atoms with Crippen LogP contribution in [0.3, 0.4) is 0 Å². The first-order chi connectivity index (χ1) is 11.7. The summed E-state index contributed by atoms with van der Waals surface area (Å²) < 4.78 is 5.12.